The van der Waals surface area contributed by atoms with Crippen LogP contribution in [-0.4, -0.2) is 36.3 Å². The van der Waals surface area contributed by atoms with Crippen molar-refractivity contribution in [3.63, 3.8) is 0 Å². The van der Waals surface area contributed by atoms with Crippen LogP contribution in [0.3, 0.4) is 0 Å². The highest BCUT2D eigenvalue weighted by atomic mass is 35.5. The first-order valence-electron chi connectivity index (χ1n) is 7.75. The molecule has 5 nitrogen and oxygen atoms in total. The maximum Gasteiger partial charge on any atom is 0.260 e. The molecule has 0 unspecified atom stereocenters. The van der Waals surface area contributed by atoms with E-state index in [0.29, 0.717) is 22.1 Å². The maximum absolute atomic E-state index is 12.2. The van der Waals surface area contributed by atoms with Crippen LogP contribution in [0.4, 0.5) is 5.69 Å². The van der Waals surface area contributed by atoms with E-state index in [1.165, 1.54) is 11.3 Å². The molecule has 0 aliphatic carbocycles. The largest absolute Gasteiger partial charge is 0.365 e. The van der Waals surface area contributed by atoms with Gasteiger partial charge in [0.25, 0.3) is 5.91 Å². The minimum atomic E-state index is -0.545. The molecule has 0 spiro atoms. The molecule has 24 heavy (non-hydrogen) atoms. The molecule has 1 saturated heterocycles. The van der Waals surface area contributed by atoms with Crippen LogP contribution in [-0.2, 0) is 4.79 Å². The number of carbonyl (C=O) groups is 2. The van der Waals surface area contributed by atoms with Crippen molar-refractivity contribution in [1.82, 2.24) is 4.90 Å². The third kappa shape index (κ3) is 3.95. The van der Waals surface area contributed by atoms with Gasteiger partial charge in [-0.1, -0.05) is 23.7 Å². The highest BCUT2D eigenvalue weighted by Gasteiger charge is 2.19. The van der Waals surface area contributed by atoms with Gasteiger partial charge in [-0.25, -0.2) is 0 Å². The van der Waals surface area contributed by atoms with Crippen LogP contribution in [0.15, 0.2) is 30.3 Å². The Hall–Kier alpha value is -1.89. The van der Waals surface area contributed by atoms with Gasteiger partial charge in [0.05, 0.1) is 12.2 Å². The molecular formula is C17H18ClN3O2S. The molecule has 126 valence electrons. The smallest absolute Gasteiger partial charge is 0.260 e. The van der Waals surface area contributed by atoms with Gasteiger partial charge in [-0.05, 0) is 49.7 Å². The molecule has 0 saturated carbocycles. The first-order valence-corrected chi connectivity index (χ1v) is 8.94. The molecule has 1 aromatic carbocycles. The summed E-state index contributed by atoms with van der Waals surface area (Å²) in [6.45, 7) is 2.22. The van der Waals surface area contributed by atoms with E-state index < -0.39 is 5.91 Å². The molecular weight excluding hydrogens is 346 g/mol. The molecule has 1 aromatic heterocycles. The number of anilines is 1. The molecule has 1 fully saturated rings. The zero-order chi connectivity index (χ0) is 17.1. The van der Waals surface area contributed by atoms with E-state index in [9.17, 15) is 9.59 Å². The fourth-order valence-electron chi connectivity index (χ4n) is 2.76. The van der Waals surface area contributed by atoms with Gasteiger partial charge in [0.15, 0.2) is 0 Å². The molecule has 7 heteroatoms. The Bertz CT molecular complexity index is 752. The minimum absolute atomic E-state index is 0.125. The Morgan fingerprint density at radius 1 is 1.21 bits per heavy atom. The molecule has 1 aliphatic heterocycles. The van der Waals surface area contributed by atoms with E-state index in [0.717, 1.165) is 36.4 Å². The number of amides is 2. The van der Waals surface area contributed by atoms with Crippen molar-refractivity contribution in [2.75, 3.05) is 25.0 Å². The van der Waals surface area contributed by atoms with Crippen LogP contribution in [0.1, 0.15) is 22.5 Å². The van der Waals surface area contributed by atoms with E-state index in [4.69, 9.17) is 17.3 Å². The van der Waals surface area contributed by atoms with E-state index in [2.05, 4.69) is 10.2 Å². The van der Waals surface area contributed by atoms with Crippen LogP contribution in [0.2, 0.25) is 5.02 Å². The second-order valence-electron chi connectivity index (χ2n) is 5.76. The molecule has 2 aromatic rings. The molecule has 0 atom stereocenters. The molecule has 2 amide bonds. The third-order valence-corrected chi connectivity index (χ3v) is 5.38. The lowest BCUT2D eigenvalue weighted by Gasteiger charge is -2.13. The van der Waals surface area contributed by atoms with Crippen molar-refractivity contribution in [2.45, 2.75) is 12.8 Å². The molecule has 2 heterocycles. The van der Waals surface area contributed by atoms with Gasteiger partial charge in [0.1, 0.15) is 4.88 Å². The van der Waals surface area contributed by atoms with Crippen LogP contribution in [0.5, 0.6) is 0 Å². The summed E-state index contributed by atoms with van der Waals surface area (Å²) in [5, 5.41) is 3.47. The van der Waals surface area contributed by atoms with Crippen molar-refractivity contribution in [3.05, 3.63) is 40.2 Å². The first-order chi connectivity index (χ1) is 11.5. The maximum atomic E-state index is 12.2. The predicted octanol–water partition coefficient (Wildman–Crippen LogP) is 3.20. The summed E-state index contributed by atoms with van der Waals surface area (Å²) in [5.41, 5.74) is 6.85. The number of nitrogens with two attached hydrogens (primary N) is 1. The van der Waals surface area contributed by atoms with Gasteiger partial charge >= 0.3 is 0 Å². The Morgan fingerprint density at radius 2 is 1.88 bits per heavy atom. The van der Waals surface area contributed by atoms with Gasteiger partial charge in [-0.3, -0.25) is 14.5 Å². The van der Waals surface area contributed by atoms with Crippen molar-refractivity contribution in [3.8, 4) is 10.4 Å². The Morgan fingerprint density at radius 3 is 2.50 bits per heavy atom. The zero-order valence-corrected chi connectivity index (χ0v) is 14.6. The van der Waals surface area contributed by atoms with Gasteiger partial charge in [0, 0.05) is 9.90 Å². The number of halogens is 1. The minimum Gasteiger partial charge on any atom is -0.365 e. The van der Waals surface area contributed by atoms with Gasteiger partial charge in [-0.15, -0.1) is 11.3 Å². The quantitative estimate of drug-likeness (QED) is 0.856. The fraction of sp³-hybridized carbons (Fsp3) is 0.294. The summed E-state index contributed by atoms with van der Waals surface area (Å²) in [6.07, 6.45) is 2.25. The first kappa shape index (κ1) is 17.0. The van der Waals surface area contributed by atoms with Crippen molar-refractivity contribution >= 4 is 40.4 Å². The number of likely N-dealkylation sites (tertiary alicyclic amines) is 1. The molecule has 0 bridgehead atoms. The SMILES string of the molecule is NC(=O)c1sc(-c2ccc(Cl)cc2)cc1NC(=O)CN1CCCC1. The molecule has 1 aliphatic rings. The summed E-state index contributed by atoms with van der Waals surface area (Å²) in [6, 6.07) is 9.10. The summed E-state index contributed by atoms with van der Waals surface area (Å²) in [4.78, 5) is 27.2. The lowest BCUT2D eigenvalue weighted by atomic mass is 10.2. The van der Waals surface area contributed by atoms with Gasteiger partial charge in [-0.2, -0.15) is 0 Å². The van der Waals surface area contributed by atoms with Crippen LogP contribution in [0, 0.1) is 0 Å². The van der Waals surface area contributed by atoms with Crippen LogP contribution >= 0.6 is 22.9 Å². The summed E-state index contributed by atoms with van der Waals surface area (Å²) < 4.78 is 0. The van der Waals surface area contributed by atoms with Crippen molar-refractivity contribution in [1.29, 1.82) is 0 Å². The second-order valence-corrected chi connectivity index (χ2v) is 7.24. The fourth-order valence-corrected chi connectivity index (χ4v) is 3.85. The van der Waals surface area contributed by atoms with Crippen molar-refractivity contribution in [2.24, 2.45) is 5.73 Å². The molecule has 0 radical (unpaired) electrons. The topological polar surface area (TPSA) is 75.4 Å². The summed E-state index contributed by atoms with van der Waals surface area (Å²) >= 11 is 7.17. The number of nitrogens with zero attached hydrogens (tertiary/aromatic N) is 1. The number of thiophene rings is 1. The Kier molecular flexibility index (Phi) is 5.18. The summed E-state index contributed by atoms with van der Waals surface area (Å²) in [7, 11) is 0. The predicted molar refractivity (Wildman–Crippen MR) is 97.6 cm³/mol. The number of nitrogens with one attached hydrogen (secondary N) is 1. The van der Waals surface area contributed by atoms with E-state index >= 15 is 0 Å². The monoisotopic (exact) mass is 363 g/mol. The lowest BCUT2D eigenvalue weighted by Crippen LogP contribution is -2.31. The third-order valence-electron chi connectivity index (χ3n) is 3.92. The van der Waals surface area contributed by atoms with E-state index in [1.807, 2.05) is 12.1 Å². The van der Waals surface area contributed by atoms with E-state index in [-0.39, 0.29) is 5.91 Å². The number of carbonyl (C=O) groups excluding carboxylic acids is 2. The number of primary amides is 1. The zero-order valence-electron chi connectivity index (χ0n) is 13.0. The Labute approximate surface area is 149 Å². The normalized spacial score (nSPS) is 14.7. The summed E-state index contributed by atoms with van der Waals surface area (Å²) in [5.74, 6) is -0.670. The molecule has 3 N–H and O–H groups in total. The van der Waals surface area contributed by atoms with Crippen LogP contribution < -0.4 is 11.1 Å². The lowest BCUT2D eigenvalue weighted by molar-refractivity contribution is -0.117. The number of benzene rings is 1. The van der Waals surface area contributed by atoms with Gasteiger partial charge < -0.3 is 11.1 Å². The van der Waals surface area contributed by atoms with Crippen molar-refractivity contribution < 1.29 is 9.59 Å². The standard InChI is InChI=1S/C17H18ClN3O2S/c18-12-5-3-11(4-6-12)14-9-13(16(24-14)17(19)23)20-15(22)10-21-7-1-2-8-21/h3-6,9H,1-2,7-8,10H2,(H2,19,23)(H,20,22). The highest BCUT2D eigenvalue weighted by molar-refractivity contribution is 7.18. The average Bonchev–Trinajstić information content (AvgIpc) is 3.18. The Balaban J connectivity index is 1.79. The van der Waals surface area contributed by atoms with Crippen LogP contribution in [0.25, 0.3) is 10.4 Å². The average molecular weight is 364 g/mol. The highest BCUT2D eigenvalue weighted by Crippen LogP contribution is 2.35. The van der Waals surface area contributed by atoms with Gasteiger partial charge in [0.2, 0.25) is 5.91 Å². The number of hydrogen-bond acceptors (Lipinski definition) is 4. The second kappa shape index (κ2) is 7.34. The number of rotatable bonds is 5. The number of hydrogen-bond donors (Lipinski definition) is 2. The molecule has 3 rings (SSSR count). The van der Waals surface area contributed by atoms with E-state index in [1.54, 1.807) is 18.2 Å².